The Balaban J connectivity index is 1.19. The SMILES string of the molecule is C=C/C=C/c1nc2cc(OCC(O)CN3CCN(CC(=O)Nc4cc(C)c(Cl)cc4OC)CC3)ccc2s1. The van der Waals surface area contributed by atoms with Gasteiger partial charge in [-0.05, 0) is 36.8 Å². The van der Waals surface area contributed by atoms with E-state index in [0.29, 0.717) is 28.8 Å². The molecule has 0 bridgehead atoms. The van der Waals surface area contributed by atoms with Crippen LogP contribution in [-0.2, 0) is 4.79 Å². The molecule has 1 aliphatic rings. The number of fused-ring (bicyclic) bond motifs is 1. The number of thiazole rings is 1. The first-order valence-electron chi connectivity index (χ1n) is 12.4. The van der Waals surface area contributed by atoms with Gasteiger partial charge in [0.2, 0.25) is 5.91 Å². The van der Waals surface area contributed by atoms with Crippen LogP contribution >= 0.6 is 22.9 Å². The molecule has 38 heavy (non-hydrogen) atoms. The molecule has 1 atom stereocenters. The molecule has 2 N–H and O–H groups in total. The summed E-state index contributed by atoms with van der Waals surface area (Å²) >= 11 is 7.76. The third kappa shape index (κ3) is 7.55. The molecule has 4 rings (SSSR count). The first-order chi connectivity index (χ1) is 18.3. The zero-order valence-electron chi connectivity index (χ0n) is 21.7. The maximum Gasteiger partial charge on any atom is 0.238 e. The molecule has 8 nitrogen and oxygen atoms in total. The second-order valence-corrected chi connectivity index (χ2v) is 10.6. The lowest BCUT2D eigenvalue weighted by atomic mass is 10.2. The number of hydrogen-bond acceptors (Lipinski definition) is 8. The molecule has 3 aromatic rings. The van der Waals surface area contributed by atoms with Gasteiger partial charge in [0.25, 0.3) is 0 Å². The standard InChI is InChI=1S/C28H33ClN4O4S/c1-4-5-6-28-31-24-14-21(7-8-26(24)38-28)37-18-20(34)16-32-9-11-33(12-10-32)17-27(35)30-23-13-19(2)22(29)15-25(23)36-3/h4-8,13-15,20,34H,1,9-12,16-18H2,2-3H3,(H,30,35)/b6-5+. The predicted molar refractivity (Wildman–Crippen MR) is 155 cm³/mol. The summed E-state index contributed by atoms with van der Waals surface area (Å²) in [6.07, 6.45) is 4.88. The van der Waals surface area contributed by atoms with Crippen LogP contribution in [0.15, 0.2) is 49.1 Å². The summed E-state index contributed by atoms with van der Waals surface area (Å²) in [6, 6.07) is 9.30. The van der Waals surface area contributed by atoms with Gasteiger partial charge < -0.3 is 19.9 Å². The zero-order valence-corrected chi connectivity index (χ0v) is 23.2. The zero-order chi connectivity index (χ0) is 27.1. The van der Waals surface area contributed by atoms with Crippen LogP contribution in [0.3, 0.4) is 0 Å². The lowest BCUT2D eigenvalue weighted by molar-refractivity contribution is -0.117. The lowest BCUT2D eigenvalue weighted by Gasteiger charge is -2.35. The number of carbonyl (C=O) groups excluding carboxylic acids is 1. The minimum Gasteiger partial charge on any atom is -0.495 e. The molecule has 2 heterocycles. The van der Waals surface area contributed by atoms with E-state index in [-0.39, 0.29) is 19.1 Å². The van der Waals surface area contributed by atoms with Gasteiger partial charge in [0.1, 0.15) is 29.2 Å². The van der Waals surface area contributed by atoms with Crippen molar-refractivity contribution in [2.45, 2.75) is 13.0 Å². The fourth-order valence-electron chi connectivity index (χ4n) is 4.23. The van der Waals surface area contributed by atoms with Crippen LogP contribution in [0.2, 0.25) is 5.02 Å². The molecule has 0 saturated carbocycles. The second kappa shape index (κ2) is 13.2. The number of β-amino-alcohol motifs (C(OH)–C–C–N with tert-alkyl or cyclic N) is 1. The summed E-state index contributed by atoms with van der Waals surface area (Å²) < 4.78 is 12.3. The summed E-state index contributed by atoms with van der Waals surface area (Å²) in [7, 11) is 1.55. The maximum atomic E-state index is 12.6. The summed E-state index contributed by atoms with van der Waals surface area (Å²) in [5, 5.41) is 15.0. The Morgan fingerprint density at radius 2 is 2.03 bits per heavy atom. The van der Waals surface area contributed by atoms with Crippen molar-refractivity contribution in [2.75, 3.05) is 58.3 Å². The maximum absolute atomic E-state index is 12.6. The van der Waals surface area contributed by atoms with E-state index in [1.807, 2.05) is 43.3 Å². The summed E-state index contributed by atoms with van der Waals surface area (Å²) in [5.41, 5.74) is 2.35. The number of aliphatic hydroxyl groups excluding tert-OH is 1. The first kappa shape index (κ1) is 28.1. The van der Waals surface area contributed by atoms with Crippen molar-refractivity contribution in [1.82, 2.24) is 14.8 Å². The average molecular weight is 557 g/mol. The Labute approximate surface area is 232 Å². The number of piperazine rings is 1. The van der Waals surface area contributed by atoms with E-state index in [0.717, 1.165) is 47.0 Å². The van der Waals surface area contributed by atoms with E-state index in [2.05, 4.69) is 26.7 Å². The summed E-state index contributed by atoms with van der Waals surface area (Å²) in [5.74, 6) is 1.11. The van der Waals surface area contributed by atoms with Crippen LogP contribution in [0.5, 0.6) is 11.5 Å². The van der Waals surface area contributed by atoms with E-state index in [9.17, 15) is 9.90 Å². The van der Waals surface area contributed by atoms with Gasteiger partial charge in [-0.15, -0.1) is 11.3 Å². The van der Waals surface area contributed by atoms with Crippen molar-refractivity contribution in [3.8, 4) is 11.5 Å². The van der Waals surface area contributed by atoms with Crippen LogP contribution < -0.4 is 14.8 Å². The van der Waals surface area contributed by atoms with Gasteiger partial charge in [-0.1, -0.05) is 30.3 Å². The fraction of sp³-hybridized carbons (Fsp3) is 0.357. The Morgan fingerprint density at radius 3 is 2.76 bits per heavy atom. The fourth-order valence-corrected chi connectivity index (χ4v) is 5.25. The van der Waals surface area contributed by atoms with Crippen LogP contribution in [0.4, 0.5) is 5.69 Å². The van der Waals surface area contributed by atoms with Crippen molar-refractivity contribution in [2.24, 2.45) is 0 Å². The van der Waals surface area contributed by atoms with E-state index in [1.54, 1.807) is 30.6 Å². The molecule has 1 amide bonds. The molecular weight excluding hydrogens is 524 g/mol. The van der Waals surface area contributed by atoms with Crippen molar-refractivity contribution in [1.29, 1.82) is 0 Å². The molecule has 0 spiro atoms. The Hall–Kier alpha value is -2.95. The highest BCUT2D eigenvalue weighted by Crippen LogP contribution is 2.31. The first-order valence-corrected chi connectivity index (χ1v) is 13.6. The number of nitrogens with zero attached hydrogens (tertiary/aromatic N) is 3. The second-order valence-electron chi connectivity index (χ2n) is 9.17. The van der Waals surface area contributed by atoms with Gasteiger partial charge in [-0.25, -0.2) is 4.98 Å². The van der Waals surface area contributed by atoms with Crippen LogP contribution in [-0.4, -0.2) is 84.9 Å². The molecule has 2 aromatic carbocycles. The van der Waals surface area contributed by atoms with Crippen molar-refractivity contribution in [3.63, 3.8) is 0 Å². The number of carbonyl (C=O) groups is 1. The summed E-state index contributed by atoms with van der Waals surface area (Å²) in [6.45, 7) is 9.56. The largest absolute Gasteiger partial charge is 0.495 e. The topological polar surface area (TPSA) is 87.2 Å². The quantitative estimate of drug-likeness (QED) is 0.337. The van der Waals surface area contributed by atoms with E-state index >= 15 is 0 Å². The Morgan fingerprint density at radius 1 is 1.26 bits per heavy atom. The molecule has 1 saturated heterocycles. The molecule has 10 heteroatoms. The third-order valence-electron chi connectivity index (χ3n) is 6.25. The minimum atomic E-state index is -0.623. The van der Waals surface area contributed by atoms with E-state index < -0.39 is 6.10 Å². The number of aryl methyl sites for hydroxylation is 1. The monoisotopic (exact) mass is 556 g/mol. The van der Waals surface area contributed by atoms with Crippen LogP contribution in [0, 0.1) is 6.92 Å². The number of aliphatic hydroxyl groups is 1. The van der Waals surface area contributed by atoms with Crippen molar-refractivity contribution >= 4 is 50.8 Å². The number of hydrogen-bond donors (Lipinski definition) is 2. The average Bonchev–Trinajstić information content (AvgIpc) is 3.31. The number of amides is 1. The van der Waals surface area contributed by atoms with Crippen LogP contribution in [0.1, 0.15) is 10.6 Å². The number of ether oxygens (including phenoxy) is 2. The molecule has 1 aromatic heterocycles. The number of rotatable bonds is 11. The number of allylic oxidation sites excluding steroid dienone is 2. The number of anilines is 1. The molecule has 0 aliphatic carbocycles. The van der Waals surface area contributed by atoms with Gasteiger partial charge in [-0.2, -0.15) is 0 Å². The van der Waals surface area contributed by atoms with Gasteiger partial charge in [0.15, 0.2) is 0 Å². The number of aromatic nitrogens is 1. The highest BCUT2D eigenvalue weighted by Gasteiger charge is 2.22. The lowest BCUT2D eigenvalue weighted by Crippen LogP contribution is -2.50. The van der Waals surface area contributed by atoms with E-state index in [4.69, 9.17) is 21.1 Å². The molecule has 1 unspecified atom stereocenters. The Bertz CT molecular complexity index is 1300. The Kier molecular flexibility index (Phi) is 9.76. The van der Waals surface area contributed by atoms with Crippen molar-refractivity contribution < 1.29 is 19.4 Å². The van der Waals surface area contributed by atoms with Gasteiger partial charge in [0, 0.05) is 49.9 Å². The molecule has 1 fully saturated rings. The smallest absolute Gasteiger partial charge is 0.238 e. The third-order valence-corrected chi connectivity index (χ3v) is 7.66. The van der Waals surface area contributed by atoms with E-state index in [1.165, 1.54) is 0 Å². The van der Waals surface area contributed by atoms with Gasteiger partial charge >= 0.3 is 0 Å². The number of nitrogens with one attached hydrogen (secondary N) is 1. The van der Waals surface area contributed by atoms with Gasteiger partial charge in [0.05, 0.1) is 29.6 Å². The normalized spacial score (nSPS) is 15.6. The highest BCUT2D eigenvalue weighted by atomic mass is 35.5. The van der Waals surface area contributed by atoms with Crippen molar-refractivity contribution in [3.05, 3.63) is 64.7 Å². The molecular formula is C28H33ClN4O4S. The number of benzene rings is 2. The molecule has 0 radical (unpaired) electrons. The highest BCUT2D eigenvalue weighted by molar-refractivity contribution is 7.19. The molecule has 202 valence electrons. The van der Waals surface area contributed by atoms with Gasteiger partial charge in [-0.3, -0.25) is 14.6 Å². The minimum absolute atomic E-state index is 0.104. The molecule has 1 aliphatic heterocycles. The summed E-state index contributed by atoms with van der Waals surface area (Å²) in [4.78, 5) is 21.5. The predicted octanol–water partition coefficient (Wildman–Crippen LogP) is 4.46. The van der Waals surface area contributed by atoms with Crippen LogP contribution in [0.25, 0.3) is 16.3 Å². The number of methoxy groups -OCH3 is 1. The number of halogens is 1.